The molecule has 2 saturated heterocycles. The van der Waals surface area contributed by atoms with Crippen LogP contribution in [0.5, 0.6) is 0 Å². The van der Waals surface area contributed by atoms with Crippen LogP contribution in [-0.4, -0.2) is 35.7 Å². The van der Waals surface area contributed by atoms with Gasteiger partial charge in [0.15, 0.2) is 5.17 Å². The number of nitrogens with zero attached hydrogens (tertiary/aromatic N) is 1. The van der Waals surface area contributed by atoms with Gasteiger partial charge in [-0.3, -0.25) is 4.99 Å². The third kappa shape index (κ3) is 2.64. The molecule has 4 heteroatoms. The summed E-state index contributed by atoms with van der Waals surface area (Å²) in [5.74, 6) is 0. The number of rotatable bonds is 1. The van der Waals surface area contributed by atoms with Gasteiger partial charge in [-0.2, -0.15) is 0 Å². The van der Waals surface area contributed by atoms with E-state index in [9.17, 15) is 0 Å². The molecule has 0 aliphatic carbocycles. The Bertz CT molecular complexity index is 214. The van der Waals surface area contributed by atoms with Gasteiger partial charge >= 0.3 is 0 Å². The van der Waals surface area contributed by atoms with E-state index in [1.807, 2.05) is 11.8 Å². The Morgan fingerprint density at radius 2 is 2.36 bits per heavy atom. The first-order chi connectivity index (χ1) is 6.74. The Hall–Kier alpha value is -0.220. The molecule has 80 valence electrons. The zero-order valence-corrected chi connectivity index (χ0v) is 9.64. The zero-order valence-electron chi connectivity index (χ0n) is 8.82. The van der Waals surface area contributed by atoms with Gasteiger partial charge < -0.3 is 10.1 Å². The quantitative estimate of drug-likeness (QED) is 0.720. The van der Waals surface area contributed by atoms with E-state index in [-0.39, 0.29) is 0 Å². The van der Waals surface area contributed by atoms with E-state index < -0.39 is 0 Å². The number of ether oxygens (including phenoxy) is 1. The molecule has 2 heterocycles. The van der Waals surface area contributed by atoms with E-state index >= 15 is 0 Å². The second kappa shape index (κ2) is 4.53. The summed E-state index contributed by atoms with van der Waals surface area (Å²) in [4.78, 5) is 4.68. The van der Waals surface area contributed by atoms with E-state index in [0.29, 0.717) is 17.3 Å². The van der Waals surface area contributed by atoms with E-state index in [1.165, 1.54) is 6.42 Å². The van der Waals surface area contributed by atoms with Crippen LogP contribution in [0.2, 0.25) is 0 Å². The number of nitrogens with one attached hydrogen (secondary N) is 1. The highest BCUT2D eigenvalue weighted by Gasteiger charge is 2.22. The summed E-state index contributed by atoms with van der Waals surface area (Å²) in [7, 11) is 0. The first-order valence-electron chi connectivity index (χ1n) is 5.33. The summed E-state index contributed by atoms with van der Waals surface area (Å²) in [6.07, 6.45) is 2.30. The number of aliphatic imine (C=N–C) groups is 1. The van der Waals surface area contributed by atoms with Crippen LogP contribution >= 0.6 is 11.8 Å². The number of amidine groups is 1. The van der Waals surface area contributed by atoms with Crippen molar-refractivity contribution < 1.29 is 4.74 Å². The molecule has 1 N–H and O–H groups in total. The summed E-state index contributed by atoms with van der Waals surface area (Å²) in [5.41, 5.74) is 0. The van der Waals surface area contributed by atoms with Crippen molar-refractivity contribution in [1.29, 1.82) is 0 Å². The van der Waals surface area contributed by atoms with Gasteiger partial charge in [-0.05, 0) is 19.8 Å². The van der Waals surface area contributed by atoms with Crippen molar-refractivity contribution >= 4 is 16.9 Å². The van der Waals surface area contributed by atoms with E-state index in [2.05, 4.69) is 24.2 Å². The normalized spacial score (nSPS) is 41.3. The topological polar surface area (TPSA) is 33.6 Å². The lowest BCUT2D eigenvalue weighted by Gasteiger charge is -2.27. The highest BCUT2D eigenvalue weighted by molar-refractivity contribution is 8.14. The Kier molecular flexibility index (Phi) is 3.34. The largest absolute Gasteiger partial charge is 0.379 e. The predicted molar refractivity (Wildman–Crippen MR) is 60.9 cm³/mol. The van der Waals surface area contributed by atoms with Crippen LogP contribution < -0.4 is 5.32 Å². The Morgan fingerprint density at radius 1 is 1.50 bits per heavy atom. The van der Waals surface area contributed by atoms with Crippen molar-refractivity contribution in [2.24, 2.45) is 4.99 Å². The van der Waals surface area contributed by atoms with E-state index in [1.54, 1.807) is 0 Å². The van der Waals surface area contributed by atoms with Gasteiger partial charge in [0, 0.05) is 17.9 Å². The fraction of sp³-hybridized carbons (Fsp3) is 0.900. The molecule has 14 heavy (non-hydrogen) atoms. The fourth-order valence-corrected chi connectivity index (χ4v) is 3.14. The maximum Gasteiger partial charge on any atom is 0.157 e. The molecule has 0 aromatic carbocycles. The molecule has 3 unspecified atom stereocenters. The van der Waals surface area contributed by atoms with Gasteiger partial charge in [0.25, 0.3) is 0 Å². The molecule has 3 atom stereocenters. The molecule has 0 radical (unpaired) electrons. The van der Waals surface area contributed by atoms with Gasteiger partial charge in [0.2, 0.25) is 0 Å². The second-order valence-corrected chi connectivity index (χ2v) is 5.59. The zero-order chi connectivity index (χ0) is 9.97. The lowest BCUT2D eigenvalue weighted by atomic mass is 10.2. The predicted octanol–water partition coefficient (Wildman–Crippen LogP) is 1.63. The van der Waals surface area contributed by atoms with Gasteiger partial charge in [-0.1, -0.05) is 18.7 Å². The smallest absolute Gasteiger partial charge is 0.157 e. The van der Waals surface area contributed by atoms with Crippen LogP contribution in [-0.2, 0) is 4.74 Å². The molecule has 2 aliphatic rings. The molecule has 0 aromatic rings. The summed E-state index contributed by atoms with van der Waals surface area (Å²) < 4.78 is 5.31. The van der Waals surface area contributed by atoms with Crippen molar-refractivity contribution in [3.8, 4) is 0 Å². The minimum Gasteiger partial charge on any atom is -0.379 e. The molecule has 0 saturated carbocycles. The molecule has 3 nitrogen and oxygen atoms in total. The van der Waals surface area contributed by atoms with Crippen LogP contribution in [0.3, 0.4) is 0 Å². The summed E-state index contributed by atoms with van der Waals surface area (Å²) in [6, 6.07) is 0.954. The third-order valence-electron chi connectivity index (χ3n) is 2.57. The fourth-order valence-electron chi connectivity index (χ4n) is 1.90. The molecule has 2 aliphatic heterocycles. The monoisotopic (exact) mass is 214 g/mol. The molecule has 0 bridgehead atoms. The first kappa shape index (κ1) is 10.3. The lowest BCUT2D eigenvalue weighted by molar-refractivity contribution is 0.194. The minimum atomic E-state index is 0.391. The molecule has 0 spiro atoms. The third-order valence-corrected chi connectivity index (χ3v) is 3.61. The summed E-state index contributed by atoms with van der Waals surface area (Å²) >= 11 is 1.86. The van der Waals surface area contributed by atoms with E-state index in [4.69, 9.17) is 4.74 Å². The average Bonchev–Trinajstić information content (AvgIpc) is 2.54. The van der Waals surface area contributed by atoms with Gasteiger partial charge in [0.05, 0.1) is 12.6 Å². The minimum absolute atomic E-state index is 0.391. The second-order valence-electron chi connectivity index (χ2n) is 4.16. The average molecular weight is 214 g/mol. The van der Waals surface area contributed by atoms with Gasteiger partial charge in [0.1, 0.15) is 0 Å². The van der Waals surface area contributed by atoms with Crippen molar-refractivity contribution in [2.45, 2.75) is 44.0 Å². The molecule has 0 amide bonds. The van der Waals surface area contributed by atoms with Gasteiger partial charge in [-0.15, -0.1) is 0 Å². The van der Waals surface area contributed by atoms with Crippen LogP contribution in [0.15, 0.2) is 4.99 Å². The standard InChI is InChI=1S/C10H18N2OS/c1-7-5-8(2)14-10(11-7)12-9-3-4-13-6-9/h7-9H,3-6H2,1-2H3,(H,11,12). The Labute approximate surface area is 89.7 Å². The van der Waals surface area contributed by atoms with Crippen molar-refractivity contribution in [3.63, 3.8) is 0 Å². The Balaban J connectivity index is 1.94. The van der Waals surface area contributed by atoms with Crippen molar-refractivity contribution in [3.05, 3.63) is 0 Å². The highest BCUT2D eigenvalue weighted by Crippen LogP contribution is 2.23. The number of hydrogen-bond donors (Lipinski definition) is 1. The van der Waals surface area contributed by atoms with Crippen LogP contribution in [0.4, 0.5) is 0 Å². The maximum atomic E-state index is 5.31. The maximum absolute atomic E-state index is 5.31. The van der Waals surface area contributed by atoms with E-state index in [0.717, 1.165) is 24.8 Å². The van der Waals surface area contributed by atoms with Crippen LogP contribution in [0.25, 0.3) is 0 Å². The van der Waals surface area contributed by atoms with Crippen molar-refractivity contribution in [1.82, 2.24) is 5.32 Å². The summed E-state index contributed by atoms with van der Waals surface area (Å²) in [6.45, 7) is 6.16. The lowest BCUT2D eigenvalue weighted by Crippen LogP contribution is -2.39. The Morgan fingerprint density at radius 3 is 3.00 bits per heavy atom. The number of thioether (sulfide) groups is 1. The SMILES string of the molecule is CC1CC(C)SC(=NC2CCOC2)N1. The van der Waals surface area contributed by atoms with Gasteiger partial charge in [-0.25, -0.2) is 0 Å². The molecule has 2 rings (SSSR count). The first-order valence-corrected chi connectivity index (χ1v) is 6.21. The summed E-state index contributed by atoms with van der Waals surface area (Å²) in [5, 5.41) is 5.24. The van der Waals surface area contributed by atoms with Crippen LogP contribution in [0.1, 0.15) is 26.7 Å². The number of hydrogen-bond acceptors (Lipinski definition) is 3. The molecule has 0 aromatic heterocycles. The molecule has 2 fully saturated rings. The van der Waals surface area contributed by atoms with Crippen molar-refractivity contribution in [2.75, 3.05) is 13.2 Å². The highest BCUT2D eigenvalue weighted by atomic mass is 32.2. The molecular weight excluding hydrogens is 196 g/mol. The molecular formula is C10H18N2OS. The van der Waals surface area contributed by atoms with Crippen LogP contribution in [0, 0.1) is 0 Å².